The van der Waals surface area contributed by atoms with Gasteiger partial charge < -0.3 is 0 Å². The lowest BCUT2D eigenvalue weighted by atomic mass is 10.0. The second kappa shape index (κ2) is 4.41. The minimum atomic E-state index is 1.08. The Balaban J connectivity index is 3.19. The number of rotatable bonds is 3. The first-order valence-electron chi connectivity index (χ1n) is 4.15. The van der Waals surface area contributed by atoms with Gasteiger partial charge in [0.1, 0.15) is 0 Å². The van der Waals surface area contributed by atoms with Crippen LogP contribution in [0.1, 0.15) is 11.1 Å². The number of hydrogen-bond acceptors (Lipinski definition) is 1. The molecule has 0 N–H and O–H groups in total. The van der Waals surface area contributed by atoms with Gasteiger partial charge >= 0.3 is 0 Å². The van der Waals surface area contributed by atoms with Gasteiger partial charge in [0.05, 0.1) is 0 Å². The fraction of sp³-hybridized carbons (Fsp3) is 0.0833. The van der Waals surface area contributed by atoms with E-state index in [1.165, 1.54) is 0 Å². The average molecular weight is 171 g/mol. The van der Waals surface area contributed by atoms with Crippen molar-refractivity contribution >= 4 is 5.57 Å². The SMILES string of the molecule is C=C/C=C(\C=C)c1ccncc1C. The Morgan fingerprint density at radius 3 is 2.77 bits per heavy atom. The molecule has 0 aliphatic heterocycles. The predicted octanol–water partition coefficient (Wildman–Crippen LogP) is 3.15. The minimum absolute atomic E-state index is 1.08. The van der Waals surface area contributed by atoms with Crippen LogP contribution in [0, 0.1) is 6.92 Å². The molecule has 0 amide bonds. The van der Waals surface area contributed by atoms with Crippen LogP contribution in [0.3, 0.4) is 0 Å². The molecule has 0 bridgehead atoms. The molecule has 0 aliphatic carbocycles. The minimum Gasteiger partial charge on any atom is -0.264 e. The summed E-state index contributed by atoms with van der Waals surface area (Å²) >= 11 is 0. The largest absolute Gasteiger partial charge is 0.264 e. The van der Waals surface area contributed by atoms with E-state index in [9.17, 15) is 0 Å². The third-order valence-corrected chi connectivity index (χ3v) is 1.85. The molecule has 0 saturated carbocycles. The summed E-state index contributed by atoms with van der Waals surface area (Å²) in [5.41, 5.74) is 3.38. The smallest absolute Gasteiger partial charge is 0.0303 e. The number of hydrogen-bond donors (Lipinski definition) is 0. The molecule has 1 rings (SSSR count). The lowest BCUT2D eigenvalue weighted by Crippen LogP contribution is -1.86. The molecule has 0 unspecified atom stereocenters. The van der Waals surface area contributed by atoms with E-state index in [2.05, 4.69) is 18.1 Å². The molecule has 1 aromatic heterocycles. The highest BCUT2D eigenvalue weighted by atomic mass is 14.6. The van der Waals surface area contributed by atoms with Crippen molar-refractivity contribution in [2.45, 2.75) is 6.92 Å². The summed E-state index contributed by atoms with van der Waals surface area (Å²) in [5.74, 6) is 0. The monoisotopic (exact) mass is 171 g/mol. The zero-order chi connectivity index (χ0) is 9.68. The van der Waals surface area contributed by atoms with Crippen LogP contribution in [0.4, 0.5) is 0 Å². The topological polar surface area (TPSA) is 12.9 Å². The quantitative estimate of drug-likeness (QED) is 0.637. The highest BCUT2D eigenvalue weighted by molar-refractivity contribution is 5.76. The van der Waals surface area contributed by atoms with Crippen molar-refractivity contribution in [1.82, 2.24) is 4.98 Å². The van der Waals surface area contributed by atoms with Gasteiger partial charge in [-0.15, -0.1) is 0 Å². The number of aryl methyl sites for hydroxylation is 1. The molecule has 0 spiro atoms. The van der Waals surface area contributed by atoms with Gasteiger partial charge in [-0.1, -0.05) is 31.4 Å². The van der Waals surface area contributed by atoms with Crippen LogP contribution < -0.4 is 0 Å². The van der Waals surface area contributed by atoms with E-state index < -0.39 is 0 Å². The van der Waals surface area contributed by atoms with E-state index in [-0.39, 0.29) is 0 Å². The van der Waals surface area contributed by atoms with Gasteiger partial charge in [0.25, 0.3) is 0 Å². The number of pyridine rings is 1. The van der Waals surface area contributed by atoms with Gasteiger partial charge in [0.2, 0.25) is 0 Å². The zero-order valence-corrected chi connectivity index (χ0v) is 7.83. The summed E-state index contributed by atoms with van der Waals surface area (Å²) in [6.07, 6.45) is 9.15. The first kappa shape index (κ1) is 9.46. The molecule has 1 nitrogen and oxygen atoms in total. The second-order valence-corrected chi connectivity index (χ2v) is 2.75. The summed E-state index contributed by atoms with van der Waals surface area (Å²) in [7, 11) is 0. The van der Waals surface area contributed by atoms with Crippen LogP contribution in [0.15, 0.2) is 49.8 Å². The third-order valence-electron chi connectivity index (χ3n) is 1.85. The predicted molar refractivity (Wildman–Crippen MR) is 57.3 cm³/mol. The summed E-state index contributed by atoms with van der Waals surface area (Å²) in [6, 6.07) is 1.98. The van der Waals surface area contributed by atoms with Gasteiger partial charge in [0.15, 0.2) is 0 Å². The fourth-order valence-electron chi connectivity index (χ4n) is 1.19. The Kier molecular flexibility index (Phi) is 3.21. The van der Waals surface area contributed by atoms with Crippen molar-refractivity contribution in [2.75, 3.05) is 0 Å². The molecule has 13 heavy (non-hydrogen) atoms. The molecule has 66 valence electrons. The van der Waals surface area contributed by atoms with Gasteiger partial charge in [-0.3, -0.25) is 4.98 Å². The second-order valence-electron chi connectivity index (χ2n) is 2.75. The van der Waals surface area contributed by atoms with Crippen LogP contribution in [0.2, 0.25) is 0 Å². The highest BCUT2D eigenvalue weighted by Crippen LogP contribution is 2.18. The van der Waals surface area contributed by atoms with Crippen molar-refractivity contribution in [3.05, 3.63) is 61.0 Å². The molecule has 0 saturated heterocycles. The number of allylic oxidation sites excluding steroid dienone is 4. The first-order valence-corrected chi connectivity index (χ1v) is 4.15. The van der Waals surface area contributed by atoms with E-state index in [0.717, 1.165) is 16.7 Å². The average Bonchev–Trinajstić information content (AvgIpc) is 2.16. The van der Waals surface area contributed by atoms with E-state index in [0.29, 0.717) is 0 Å². The Morgan fingerprint density at radius 2 is 2.23 bits per heavy atom. The van der Waals surface area contributed by atoms with Gasteiger partial charge in [0, 0.05) is 12.4 Å². The fourth-order valence-corrected chi connectivity index (χ4v) is 1.19. The molecule has 1 aromatic rings. The van der Waals surface area contributed by atoms with Crippen molar-refractivity contribution in [1.29, 1.82) is 0 Å². The van der Waals surface area contributed by atoms with Crippen molar-refractivity contribution < 1.29 is 0 Å². The Bertz CT molecular complexity index is 348. The molecule has 0 radical (unpaired) electrons. The molecule has 0 fully saturated rings. The van der Waals surface area contributed by atoms with E-state index >= 15 is 0 Å². The highest BCUT2D eigenvalue weighted by Gasteiger charge is 1.99. The number of nitrogens with zero attached hydrogens (tertiary/aromatic N) is 1. The van der Waals surface area contributed by atoms with Crippen molar-refractivity contribution in [3.63, 3.8) is 0 Å². The molecule has 0 atom stereocenters. The Hall–Kier alpha value is -1.63. The summed E-state index contributed by atoms with van der Waals surface area (Å²) in [4.78, 5) is 4.03. The van der Waals surface area contributed by atoms with Crippen LogP contribution >= 0.6 is 0 Å². The van der Waals surface area contributed by atoms with E-state index in [1.54, 1.807) is 12.3 Å². The summed E-state index contributed by atoms with van der Waals surface area (Å²) < 4.78 is 0. The lowest BCUT2D eigenvalue weighted by Gasteiger charge is -2.04. The summed E-state index contributed by atoms with van der Waals surface area (Å²) in [5, 5.41) is 0. The normalized spacial score (nSPS) is 11.0. The molecule has 1 heterocycles. The molecule has 0 aliphatic rings. The maximum absolute atomic E-state index is 4.03. The molecular weight excluding hydrogens is 158 g/mol. The van der Waals surface area contributed by atoms with Crippen molar-refractivity contribution in [3.8, 4) is 0 Å². The van der Waals surface area contributed by atoms with Gasteiger partial charge in [-0.2, -0.15) is 0 Å². The standard InChI is InChI=1S/C12H13N/c1-4-6-11(5-2)12-7-8-13-9-10(12)3/h4-9H,1-2H2,3H3/b11-6+. The van der Waals surface area contributed by atoms with Crippen LogP contribution in [-0.2, 0) is 0 Å². The zero-order valence-electron chi connectivity index (χ0n) is 7.83. The number of aromatic nitrogens is 1. The molecule has 1 heteroatoms. The third kappa shape index (κ3) is 2.15. The van der Waals surface area contributed by atoms with Crippen LogP contribution in [-0.4, -0.2) is 4.98 Å². The maximum atomic E-state index is 4.03. The van der Waals surface area contributed by atoms with E-state index in [4.69, 9.17) is 0 Å². The van der Waals surface area contributed by atoms with Gasteiger partial charge in [-0.05, 0) is 29.7 Å². The maximum Gasteiger partial charge on any atom is 0.0303 e. The lowest BCUT2D eigenvalue weighted by molar-refractivity contribution is 1.25. The Morgan fingerprint density at radius 1 is 1.46 bits per heavy atom. The molecule has 0 aromatic carbocycles. The van der Waals surface area contributed by atoms with E-state index in [1.807, 2.05) is 31.3 Å². The van der Waals surface area contributed by atoms with Crippen LogP contribution in [0.5, 0.6) is 0 Å². The van der Waals surface area contributed by atoms with Crippen LogP contribution in [0.25, 0.3) is 5.57 Å². The summed E-state index contributed by atoms with van der Waals surface area (Å²) in [6.45, 7) is 9.45. The van der Waals surface area contributed by atoms with Crippen molar-refractivity contribution in [2.24, 2.45) is 0 Å². The molecular formula is C12H13N. The van der Waals surface area contributed by atoms with Gasteiger partial charge in [-0.25, -0.2) is 0 Å². The Labute approximate surface area is 79.1 Å². The first-order chi connectivity index (χ1) is 6.29.